The van der Waals surface area contributed by atoms with Crippen molar-refractivity contribution >= 4 is 21.6 Å². The Balaban J connectivity index is 1.84. The van der Waals surface area contributed by atoms with Crippen LogP contribution in [-0.4, -0.2) is 61.2 Å². The number of amides is 1. The van der Waals surface area contributed by atoms with E-state index in [1.807, 2.05) is 44.2 Å². The molecule has 0 aliphatic carbocycles. The topological polar surface area (TPSA) is 142 Å². The van der Waals surface area contributed by atoms with Crippen molar-refractivity contribution in [3.05, 3.63) is 83.9 Å². The number of methoxy groups -OCH3 is 1. The van der Waals surface area contributed by atoms with E-state index in [-0.39, 0.29) is 47.7 Å². The molecule has 2 atom stereocenters. The molecule has 0 saturated heterocycles. The number of ether oxygens (including phenoxy) is 1. The Morgan fingerprint density at radius 2 is 1.67 bits per heavy atom. The summed E-state index contributed by atoms with van der Waals surface area (Å²) in [6.07, 6.45) is -0.927. The molecule has 0 aliphatic heterocycles. The quantitative estimate of drug-likeness (QED) is 0.238. The number of hydrogen-bond acceptors (Lipinski definition) is 7. The van der Waals surface area contributed by atoms with Crippen LogP contribution in [0.1, 0.15) is 25.0 Å². The van der Waals surface area contributed by atoms with Gasteiger partial charge >= 0.3 is 0 Å². The Morgan fingerprint density at radius 1 is 1.00 bits per heavy atom. The van der Waals surface area contributed by atoms with E-state index in [0.29, 0.717) is 17.7 Å². The van der Waals surface area contributed by atoms with Crippen molar-refractivity contribution in [2.45, 2.75) is 43.7 Å². The number of anilines is 1. The van der Waals surface area contributed by atoms with Crippen LogP contribution in [-0.2, 0) is 27.7 Å². The molecule has 0 saturated carbocycles. The van der Waals surface area contributed by atoms with Gasteiger partial charge in [-0.15, -0.1) is 0 Å². The molecule has 1 amide bonds. The Morgan fingerprint density at radius 3 is 2.28 bits per heavy atom. The van der Waals surface area contributed by atoms with E-state index in [4.69, 9.17) is 10.5 Å². The van der Waals surface area contributed by atoms with Gasteiger partial charge in [-0.1, -0.05) is 50.2 Å². The summed E-state index contributed by atoms with van der Waals surface area (Å²) in [7, 11) is -2.51. The predicted octanol–water partition coefficient (Wildman–Crippen LogP) is 2.96. The second-order valence-corrected chi connectivity index (χ2v) is 11.8. The third-order valence-corrected chi connectivity index (χ3v) is 8.04. The monoisotopic (exact) mass is 555 g/mol. The third-order valence-electron chi connectivity index (χ3n) is 6.20. The highest BCUT2D eigenvalue weighted by Crippen LogP contribution is 2.26. The summed E-state index contributed by atoms with van der Waals surface area (Å²) in [4.78, 5) is 13.1. The van der Waals surface area contributed by atoms with Gasteiger partial charge in [-0.2, -0.15) is 4.31 Å². The van der Waals surface area contributed by atoms with Gasteiger partial charge in [0, 0.05) is 18.8 Å². The molecule has 0 unspecified atom stereocenters. The number of hydrogen-bond donors (Lipinski definition) is 4. The Kier molecular flexibility index (Phi) is 10.3. The van der Waals surface area contributed by atoms with E-state index in [0.717, 1.165) is 5.56 Å². The number of aliphatic hydroxyl groups is 1. The lowest BCUT2D eigenvalue weighted by atomic mass is 10.00. The molecule has 39 heavy (non-hydrogen) atoms. The second-order valence-electron chi connectivity index (χ2n) is 9.90. The van der Waals surface area contributed by atoms with Gasteiger partial charge in [0.15, 0.2) is 11.5 Å². The van der Waals surface area contributed by atoms with Gasteiger partial charge in [0.25, 0.3) is 0 Å². The number of phenolic OH excluding ortho intramolecular Hbond substituents is 1. The van der Waals surface area contributed by atoms with E-state index in [1.54, 1.807) is 12.1 Å². The molecule has 0 bridgehead atoms. The molecule has 3 rings (SSSR count). The number of nitrogens with zero attached hydrogens (tertiary/aromatic N) is 1. The molecular weight excluding hydrogens is 518 g/mol. The molecule has 0 radical (unpaired) electrons. The van der Waals surface area contributed by atoms with E-state index >= 15 is 0 Å². The van der Waals surface area contributed by atoms with Gasteiger partial charge < -0.3 is 26.0 Å². The Hall–Kier alpha value is -3.60. The Labute approximate surface area is 230 Å². The molecule has 0 spiro atoms. The van der Waals surface area contributed by atoms with E-state index < -0.39 is 22.2 Å². The summed E-state index contributed by atoms with van der Waals surface area (Å²) < 4.78 is 33.4. The highest BCUT2D eigenvalue weighted by Gasteiger charge is 2.31. The number of benzene rings is 3. The van der Waals surface area contributed by atoms with E-state index in [2.05, 4.69) is 5.32 Å². The zero-order chi connectivity index (χ0) is 28.6. The number of nitrogen functional groups attached to an aromatic ring is 1. The average Bonchev–Trinajstić information content (AvgIpc) is 2.89. The zero-order valence-corrected chi connectivity index (χ0v) is 23.3. The molecule has 210 valence electrons. The number of carbonyl (C=O) groups is 1. The molecule has 0 fully saturated rings. The molecule has 0 aliphatic rings. The number of nitrogens with one attached hydrogen (secondary N) is 1. The van der Waals surface area contributed by atoms with Gasteiger partial charge in [0.1, 0.15) is 0 Å². The molecule has 3 aromatic rings. The number of rotatable bonds is 13. The predicted molar refractivity (Wildman–Crippen MR) is 151 cm³/mol. The molecule has 0 heterocycles. The maximum atomic E-state index is 13.5. The first kappa shape index (κ1) is 29.9. The summed E-state index contributed by atoms with van der Waals surface area (Å²) >= 11 is 0. The molecule has 5 N–H and O–H groups in total. The minimum atomic E-state index is -3.94. The lowest BCUT2D eigenvalue weighted by Crippen LogP contribution is -2.51. The minimum absolute atomic E-state index is 0.00704. The first-order valence-corrected chi connectivity index (χ1v) is 14.2. The van der Waals surface area contributed by atoms with Crippen molar-refractivity contribution in [2.24, 2.45) is 5.92 Å². The van der Waals surface area contributed by atoms with Crippen LogP contribution in [0.2, 0.25) is 0 Å². The minimum Gasteiger partial charge on any atom is -0.504 e. The highest BCUT2D eigenvalue weighted by molar-refractivity contribution is 7.89. The maximum Gasteiger partial charge on any atom is 0.243 e. The number of nitrogens with two attached hydrogens (primary N) is 1. The average molecular weight is 556 g/mol. The van der Waals surface area contributed by atoms with Crippen molar-refractivity contribution in [3.8, 4) is 11.5 Å². The van der Waals surface area contributed by atoms with Crippen molar-refractivity contribution < 1.29 is 28.2 Å². The summed E-state index contributed by atoms with van der Waals surface area (Å²) in [6.45, 7) is 3.76. The van der Waals surface area contributed by atoms with Crippen LogP contribution in [0.25, 0.3) is 0 Å². The standard InChI is InChI=1S/C29H37N3O6S/c1-20(2)18-32(39(36,37)24-12-10-23(30)11-13-24)19-27(34)25(15-21-7-5-4-6-8-21)31-29(35)17-22-9-14-26(33)28(16-22)38-3/h4-14,16,20,25,27,33-34H,15,17-19,30H2,1-3H3,(H,31,35)/t25-,27+/m0/s1. The fourth-order valence-electron chi connectivity index (χ4n) is 4.23. The number of aromatic hydroxyl groups is 1. The van der Waals surface area contributed by atoms with Crippen LogP contribution in [0, 0.1) is 5.92 Å². The van der Waals surface area contributed by atoms with Crippen molar-refractivity contribution in [1.29, 1.82) is 0 Å². The lowest BCUT2D eigenvalue weighted by Gasteiger charge is -2.31. The smallest absolute Gasteiger partial charge is 0.243 e. The van der Waals surface area contributed by atoms with E-state index in [1.165, 1.54) is 41.7 Å². The number of carbonyl (C=O) groups excluding carboxylic acids is 1. The summed E-state index contributed by atoms with van der Waals surface area (Å²) in [5.74, 6) is -0.156. The van der Waals surface area contributed by atoms with Gasteiger partial charge in [-0.05, 0) is 59.9 Å². The first-order chi connectivity index (χ1) is 18.5. The fraction of sp³-hybridized carbons (Fsp3) is 0.345. The van der Waals surface area contributed by atoms with Crippen molar-refractivity contribution in [2.75, 3.05) is 25.9 Å². The second kappa shape index (κ2) is 13.5. The van der Waals surface area contributed by atoms with Crippen LogP contribution in [0.3, 0.4) is 0 Å². The number of aliphatic hydroxyl groups excluding tert-OH is 1. The highest BCUT2D eigenvalue weighted by atomic mass is 32.2. The van der Waals surface area contributed by atoms with Crippen molar-refractivity contribution in [3.63, 3.8) is 0 Å². The molecule has 9 nitrogen and oxygen atoms in total. The molecule has 10 heteroatoms. The van der Waals surface area contributed by atoms with Gasteiger partial charge in [0.05, 0.1) is 30.6 Å². The van der Waals surface area contributed by atoms with Crippen LogP contribution in [0.5, 0.6) is 11.5 Å². The van der Waals surface area contributed by atoms with Crippen LogP contribution in [0.15, 0.2) is 77.7 Å². The fourth-order valence-corrected chi connectivity index (χ4v) is 5.85. The van der Waals surface area contributed by atoms with Crippen LogP contribution in [0.4, 0.5) is 5.69 Å². The Bertz CT molecular complexity index is 1330. The summed E-state index contributed by atoms with van der Waals surface area (Å²) in [5.41, 5.74) is 7.68. The number of sulfonamides is 1. The largest absolute Gasteiger partial charge is 0.504 e. The maximum absolute atomic E-state index is 13.5. The number of phenols is 1. The van der Waals surface area contributed by atoms with E-state index in [9.17, 15) is 23.4 Å². The summed E-state index contributed by atoms with van der Waals surface area (Å²) in [6, 6.07) is 19.2. The van der Waals surface area contributed by atoms with Gasteiger partial charge in [-0.3, -0.25) is 4.79 Å². The van der Waals surface area contributed by atoms with Crippen molar-refractivity contribution in [1.82, 2.24) is 9.62 Å². The normalized spacial score (nSPS) is 13.3. The molecule has 3 aromatic carbocycles. The van der Waals surface area contributed by atoms with Gasteiger partial charge in [0.2, 0.25) is 15.9 Å². The zero-order valence-electron chi connectivity index (χ0n) is 22.4. The summed E-state index contributed by atoms with van der Waals surface area (Å²) in [5, 5.41) is 24.1. The molecule has 0 aromatic heterocycles. The van der Waals surface area contributed by atoms with Crippen LogP contribution < -0.4 is 15.8 Å². The van der Waals surface area contributed by atoms with Gasteiger partial charge in [-0.25, -0.2) is 8.42 Å². The first-order valence-electron chi connectivity index (χ1n) is 12.7. The third kappa shape index (κ3) is 8.44. The van der Waals surface area contributed by atoms with Crippen LogP contribution >= 0.6 is 0 Å². The molecular formula is C29H37N3O6S. The lowest BCUT2D eigenvalue weighted by molar-refractivity contribution is -0.122. The SMILES string of the molecule is COc1cc(CC(=O)N[C@@H](Cc2ccccc2)[C@H](O)CN(CC(C)C)S(=O)(=O)c2ccc(N)cc2)ccc1O.